The van der Waals surface area contributed by atoms with Crippen molar-refractivity contribution in [3.63, 3.8) is 0 Å². The highest BCUT2D eigenvalue weighted by Crippen LogP contribution is 2.16. The maximum atomic E-state index is 14.2. The van der Waals surface area contributed by atoms with Crippen molar-refractivity contribution < 1.29 is 4.39 Å². The first-order valence-electron chi connectivity index (χ1n) is 6.83. The molecule has 3 nitrogen and oxygen atoms in total. The summed E-state index contributed by atoms with van der Waals surface area (Å²) in [5.41, 5.74) is 8.51. The number of nitrogens with one attached hydrogen (secondary N) is 1. The van der Waals surface area contributed by atoms with Crippen LogP contribution in [0.15, 0.2) is 42.5 Å². The number of hydrogen-bond acceptors (Lipinski definition) is 2. The van der Waals surface area contributed by atoms with E-state index < -0.39 is 5.82 Å². The molecular formula is C17H20FN3. The van der Waals surface area contributed by atoms with Crippen molar-refractivity contribution in [2.75, 3.05) is 7.05 Å². The zero-order chi connectivity index (χ0) is 15.4. The van der Waals surface area contributed by atoms with Crippen molar-refractivity contribution in [2.24, 2.45) is 5.73 Å². The van der Waals surface area contributed by atoms with Crippen LogP contribution in [0.2, 0.25) is 0 Å². The molecular weight excluding hydrogens is 265 g/mol. The summed E-state index contributed by atoms with van der Waals surface area (Å²) in [5.74, 6) is -0.642. The average molecular weight is 285 g/mol. The van der Waals surface area contributed by atoms with Crippen LogP contribution < -0.4 is 5.73 Å². The molecule has 2 rings (SSSR count). The summed E-state index contributed by atoms with van der Waals surface area (Å²) in [7, 11) is 1.95. The van der Waals surface area contributed by atoms with E-state index in [0.29, 0.717) is 12.1 Å². The van der Waals surface area contributed by atoms with Gasteiger partial charge in [0.25, 0.3) is 0 Å². The second-order valence-electron chi connectivity index (χ2n) is 5.35. The van der Waals surface area contributed by atoms with Crippen LogP contribution >= 0.6 is 0 Å². The molecule has 0 aliphatic rings. The van der Waals surface area contributed by atoms with E-state index in [0.717, 1.165) is 6.54 Å². The summed E-state index contributed by atoms with van der Waals surface area (Å²) >= 11 is 0. The van der Waals surface area contributed by atoms with Gasteiger partial charge < -0.3 is 5.73 Å². The highest BCUT2D eigenvalue weighted by molar-refractivity contribution is 5.95. The lowest BCUT2D eigenvalue weighted by Crippen LogP contribution is -2.20. The molecule has 0 heterocycles. The minimum Gasteiger partial charge on any atom is -0.384 e. The Hall–Kier alpha value is -2.20. The topological polar surface area (TPSA) is 53.1 Å². The van der Waals surface area contributed by atoms with Gasteiger partial charge in [0.1, 0.15) is 11.7 Å². The predicted octanol–water partition coefficient (Wildman–Crippen LogP) is 3.05. The molecule has 4 heteroatoms. The van der Waals surface area contributed by atoms with E-state index in [2.05, 4.69) is 25.1 Å². The van der Waals surface area contributed by atoms with Gasteiger partial charge in [-0.2, -0.15) is 0 Å². The summed E-state index contributed by atoms with van der Waals surface area (Å²) in [5, 5.41) is 7.38. The number of aryl methyl sites for hydroxylation is 1. The van der Waals surface area contributed by atoms with Gasteiger partial charge in [0.05, 0.1) is 5.56 Å². The van der Waals surface area contributed by atoms with Crippen LogP contribution in [0.1, 0.15) is 22.3 Å². The minimum absolute atomic E-state index is 0.163. The number of nitrogens with two attached hydrogens (primary N) is 1. The van der Waals surface area contributed by atoms with E-state index in [1.165, 1.54) is 17.2 Å². The van der Waals surface area contributed by atoms with Gasteiger partial charge >= 0.3 is 0 Å². The molecule has 0 saturated heterocycles. The number of nitrogens with zero attached hydrogens (tertiary/aromatic N) is 1. The molecule has 2 aromatic rings. The SMILES string of the molecule is Cc1cccc(CN(C)Cc2cccc(C(=N)N)c2F)c1. The Morgan fingerprint density at radius 2 is 1.90 bits per heavy atom. The van der Waals surface area contributed by atoms with Gasteiger partial charge in [-0.15, -0.1) is 0 Å². The van der Waals surface area contributed by atoms with Crippen molar-refractivity contribution >= 4 is 5.84 Å². The number of benzene rings is 2. The highest BCUT2D eigenvalue weighted by Gasteiger charge is 2.12. The van der Waals surface area contributed by atoms with E-state index in [-0.39, 0.29) is 11.4 Å². The molecule has 0 spiro atoms. The third kappa shape index (κ3) is 3.89. The van der Waals surface area contributed by atoms with Gasteiger partial charge in [-0.1, -0.05) is 42.0 Å². The molecule has 2 aromatic carbocycles. The first-order chi connectivity index (χ1) is 9.97. The highest BCUT2D eigenvalue weighted by atomic mass is 19.1. The van der Waals surface area contributed by atoms with E-state index in [4.69, 9.17) is 11.1 Å². The number of nitrogen functional groups attached to an aromatic ring is 1. The summed E-state index contributed by atoms with van der Waals surface area (Å²) in [4.78, 5) is 2.04. The Bertz CT molecular complexity index is 652. The second-order valence-corrected chi connectivity index (χ2v) is 5.35. The monoisotopic (exact) mass is 285 g/mol. The molecule has 0 aliphatic carbocycles. The van der Waals surface area contributed by atoms with Gasteiger partial charge in [-0.25, -0.2) is 4.39 Å². The quantitative estimate of drug-likeness (QED) is 0.655. The van der Waals surface area contributed by atoms with Crippen molar-refractivity contribution in [3.8, 4) is 0 Å². The molecule has 0 fully saturated rings. The number of rotatable bonds is 5. The molecule has 0 aromatic heterocycles. The first-order valence-corrected chi connectivity index (χ1v) is 6.83. The molecule has 0 saturated carbocycles. The van der Waals surface area contributed by atoms with Crippen molar-refractivity contribution in [1.82, 2.24) is 4.90 Å². The Morgan fingerprint density at radius 1 is 1.19 bits per heavy atom. The van der Waals surface area contributed by atoms with E-state index in [9.17, 15) is 4.39 Å². The van der Waals surface area contributed by atoms with Gasteiger partial charge in [-0.05, 0) is 25.6 Å². The molecule has 0 bridgehead atoms. The Morgan fingerprint density at radius 3 is 2.57 bits per heavy atom. The van der Waals surface area contributed by atoms with Crippen LogP contribution in [0.4, 0.5) is 4.39 Å². The summed E-state index contributed by atoms with van der Waals surface area (Å²) in [6.07, 6.45) is 0. The lowest BCUT2D eigenvalue weighted by Gasteiger charge is -2.18. The smallest absolute Gasteiger partial charge is 0.138 e. The van der Waals surface area contributed by atoms with Crippen molar-refractivity contribution in [3.05, 3.63) is 70.5 Å². The Kier molecular flexibility index (Phi) is 4.70. The minimum atomic E-state index is -0.402. The first kappa shape index (κ1) is 15.2. The number of halogens is 1. The third-order valence-electron chi connectivity index (χ3n) is 3.34. The zero-order valence-electron chi connectivity index (χ0n) is 12.4. The molecule has 0 unspecified atom stereocenters. The van der Waals surface area contributed by atoms with Crippen LogP contribution in [0.25, 0.3) is 0 Å². The second kappa shape index (κ2) is 6.50. The Labute approximate surface area is 124 Å². The van der Waals surface area contributed by atoms with Gasteiger partial charge in [-0.3, -0.25) is 10.3 Å². The van der Waals surface area contributed by atoms with Crippen LogP contribution in [0, 0.1) is 18.2 Å². The van der Waals surface area contributed by atoms with Crippen LogP contribution in [-0.2, 0) is 13.1 Å². The lowest BCUT2D eigenvalue weighted by atomic mass is 10.1. The number of hydrogen-bond donors (Lipinski definition) is 2. The van der Waals surface area contributed by atoms with Gasteiger partial charge in [0.15, 0.2) is 0 Å². The van der Waals surface area contributed by atoms with E-state index >= 15 is 0 Å². The van der Waals surface area contributed by atoms with Crippen LogP contribution in [0.5, 0.6) is 0 Å². The van der Waals surface area contributed by atoms with Crippen molar-refractivity contribution in [2.45, 2.75) is 20.0 Å². The summed E-state index contributed by atoms with van der Waals surface area (Å²) < 4.78 is 14.2. The third-order valence-corrected chi connectivity index (χ3v) is 3.34. The molecule has 0 radical (unpaired) electrons. The normalized spacial score (nSPS) is 10.9. The number of amidine groups is 1. The fourth-order valence-corrected chi connectivity index (χ4v) is 2.38. The summed E-state index contributed by atoms with van der Waals surface area (Å²) in [6.45, 7) is 3.27. The molecule has 0 atom stereocenters. The van der Waals surface area contributed by atoms with E-state index in [1.807, 2.05) is 18.0 Å². The largest absolute Gasteiger partial charge is 0.384 e. The van der Waals surface area contributed by atoms with Gasteiger partial charge in [0, 0.05) is 18.7 Å². The van der Waals surface area contributed by atoms with Crippen LogP contribution in [-0.4, -0.2) is 17.8 Å². The standard InChI is InChI=1S/C17H20FN3/c1-12-5-3-6-13(9-12)10-21(2)11-14-7-4-8-15(16(14)18)17(19)20/h3-9H,10-11H2,1-2H3,(H3,19,20). The molecule has 3 N–H and O–H groups in total. The van der Waals surface area contributed by atoms with Crippen molar-refractivity contribution in [1.29, 1.82) is 5.41 Å². The maximum absolute atomic E-state index is 14.2. The molecule has 110 valence electrons. The Balaban J connectivity index is 2.11. The van der Waals surface area contributed by atoms with E-state index in [1.54, 1.807) is 12.1 Å². The fourth-order valence-electron chi connectivity index (χ4n) is 2.38. The fraction of sp³-hybridized carbons (Fsp3) is 0.235. The zero-order valence-corrected chi connectivity index (χ0v) is 12.4. The lowest BCUT2D eigenvalue weighted by molar-refractivity contribution is 0.313. The molecule has 0 aliphatic heterocycles. The van der Waals surface area contributed by atoms with Gasteiger partial charge in [0.2, 0.25) is 0 Å². The summed E-state index contributed by atoms with van der Waals surface area (Å²) in [6, 6.07) is 13.3. The predicted molar refractivity (Wildman–Crippen MR) is 83.8 cm³/mol. The molecule has 0 amide bonds. The van der Waals surface area contributed by atoms with Crippen LogP contribution in [0.3, 0.4) is 0 Å². The molecule has 21 heavy (non-hydrogen) atoms. The average Bonchev–Trinajstić information content (AvgIpc) is 2.40. The maximum Gasteiger partial charge on any atom is 0.138 e.